The molecule has 1 aliphatic rings. The van der Waals surface area contributed by atoms with Gasteiger partial charge in [-0.2, -0.15) is 0 Å². The maximum Gasteiger partial charge on any atom is 0.248 e. The van der Waals surface area contributed by atoms with Gasteiger partial charge >= 0.3 is 0 Å². The number of primary amides is 1. The number of carbonyl (C=O) groups excluding carboxylic acids is 2. The van der Waals surface area contributed by atoms with Gasteiger partial charge < -0.3 is 10.7 Å². The van der Waals surface area contributed by atoms with Crippen molar-refractivity contribution in [3.05, 3.63) is 47.8 Å². The summed E-state index contributed by atoms with van der Waals surface area (Å²) in [5.41, 5.74) is 9.60. The number of alkyl halides is 1. The van der Waals surface area contributed by atoms with Crippen LogP contribution in [-0.4, -0.2) is 41.6 Å². The number of nitrogens with two attached hydrogens (primary N) is 1. The fourth-order valence-electron chi connectivity index (χ4n) is 3.98. The van der Waals surface area contributed by atoms with Crippen LogP contribution >= 0.6 is 22.6 Å². The average molecular weight is 531 g/mol. The van der Waals surface area contributed by atoms with Crippen molar-refractivity contribution in [2.75, 3.05) is 6.54 Å². The van der Waals surface area contributed by atoms with Gasteiger partial charge in [0.15, 0.2) is 15.0 Å². The highest BCUT2D eigenvalue weighted by molar-refractivity contribution is 14.1. The summed E-state index contributed by atoms with van der Waals surface area (Å²) in [6.07, 6.45) is 5.12. The zero-order valence-electron chi connectivity index (χ0n) is 17.9. The third-order valence-corrected chi connectivity index (χ3v) is 7.47. The van der Waals surface area contributed by atoms with Gasteiger partial charge in [-0.1, -0.05) is 61.6 Å². The largest absolute Gasteiger partial charge is 0.367 e. The Morgan fingerprint density at radius 2 is 2.10 bits per heavy atom. The van der Waals surface area contributed by atoms with Crippen LogP contribution in [0.5, 0.6) is 0 Å². The van der Waals surface area contributed by atoms with Crippen molar-refractivity contribution in [2.24, 2.45) is 11.1 Å². The minimum absolute atomic E-state index is 0.0258. The normalized spacial score (nSPS) is 19.7. The van der Waals surface area contributed by atoms with Crippen molar-refractivity contribution in [1.82, 2.24) is 19.9 Å². The third-order valence-electron chi connectivity index (χ3n) is 5.72. The lowest BCUT2D eigenvalue weighted by Crippen LogP contribution is -2.48. The molecule has 2 aromatic heterocycles. The molecule has 3 N–H and O–H groups in total. The van der Waals surface area contributed by atoms with Crippen LogP contribution in [0, 0.1) is 5.41 Å². The van der Waals surface area contributed by atoms with E-state index in [1.54, 1.807) is 12.4 Å². The van der Waals surface area contributed by atoms with Crippen molar-refractivity contribution in [3.63, 3.8) is 0 Å². The van der Waals surface area contributed by atoms with Crippen LogP contribution < -0.4 is 5.73 Å². The molecule has 0 radical (unpaired) electrons. The molecule has 7 nitrogen and oxygen atoms in total. The summed E-state index contributed by atoms with van der Waals surface area (Å²) in [6.45, 7) is 7.16. The molecule has 0 aliphatic carbocycles. The second-order valence-electron chi connectivity index (χ2n) is 9.08. The highest BCUT2D eigenvalue weighted by Gasteiger charge is 2.43. The van der Waals surface area contributed by atoms with Gasteiger partial charge in [0.05, 0.1) is 17.5 Å². The number of benzene rings is 1. The molecule has 0 bridgehead atoms. The number of rotatable bonds is 5. The smallest absolute Gasteiger partial charge is 0.248 e. The lowest BCUT2D eigenvalue weighted by Gasteiger charge is -2.30. The molecular weight excluding hydrogens is 505 g/mol. The number of likely N-dealkylation sites (tertiary alicyclic amines) is 1. The van der Waals surface area contributed by atoms with Crippen LogP contribution in [0.2, 0.25) is 0 Å². The van der Waals surface area contributed by atoms with E-state index >= 15 is 0 Å². The summed E-state index contributed by atoms with van der Waals surface area (Å²) in [4.78, 5) is 39.2. The number of hydrogen-bond acceptors (Lipinski definition) is 5. The molecular formula is C23H26IN5O2. The highest BCUT2D eigenvalue weighted by atomic mass is 127. The van der Waals surface area contributed by atoms with E-state index in [9.17, 15) is 9.59 Å². The van der Waals surface area contributed by atoms with Crippen molar-refractivity contribution in [3.8, 4) is 11.3 Å². The van der Waals surface area contributed by atoms with Crippen molar-refractivity contribution in [1.29, 1.82) is 0 Å². The molecule has 0 spiro atoms. The van der Waals surface area contributed by atoms with Gasteiger partial charge in [-0.05, 0) is 24.5 Å². The molecule has 1 fully saturated rings. The molecule has 3 aromatic rings. The number of halogens is 1. The Balaban J connectivity index is 1.66. The highest BCUT2D eigenvalue weighted by Crippen LogP contribution is 2.37. The van der Waals surface area contributed by atoms with Crippen LogP contribution in [0.25, 0.3) is 22.4 Å². The van der Waals surface area contributed by atoms with E-state index in [0.717, 1.165) is 30.5 Å². The number of Topliss-reactive ketones (excluding diaryl/α,β-unsaturated/α-hetero) is 1. The SMILES string of the molecule is CC(C)(C)C(=O)c1c[nH]c2ncc(-c3cccc(CN4CCCC4(I)C(N)=O)c3)nc12. The molecule has 4 rings (SSSR count). The van der Waals surface area contributed by atoms with Crippen molar-refractivity contribution < 1.29 is 9.59 Å². The lowest BCUT2D eigenvalue weighted by molar-refractivity contribution is -0.123. The number of nitrogens with zero attached hydrogens (tertiary/aromatic N) is 3. The van der Waals surface area contributed by atoms with Crippen molar-refractivity contribution >= 4 is 45.4 Å². The van der Waals surface area contributed by atoms with Crippen LogP contribution in [0.15, 0.2) is 36.7 Å². The topological polar surface area (TPSA) is 105 Å². The fraction of sp³-hybridized carbons (Fsp3) is 0.391. The van der Waals surface area contributed by atoms with Gasteiger partial charge in [0.25, 0.3) is 0 Å². The fourth-order valence-corrected chi connectivity index (χ4v) is 4.77. The predicted molar refractivity (Wildman–Crippen MR) is 129 cm³/mol. The van der Waals surface area contributed by atoms with Gasteiger partial charge in [-0.3, -0.25) is 14.5 Å². The Morgan fingerprint density at radius 1 is 1.32 bits per heavy atom. The second-order valence-corrected chi connectivity index (χ2v) is 10.9. The molecule has 1 unspecified atom stereocenters. The Hall–Kier alpha value is -2.33. The van der Waals surface area contributed by atoms with E-state index in [4.69, 9.17) is 10.7 Å². The summed E-state index contributed by atoms with van der Waals surface area (Å²) in [7, 11) is 0. The molecule has 31 heavy (non-hydrogen) atoms. The summed E-state index contributed by atoms with van der Waals surface area (Å²) in [6, 6.07) is 8.05. The summed E-state index contributed by atoms with van der Waals surface area (Å²) in [5, 5.41) is 0. The zero-order chi connectivity index (χ0) is 22.4. The number of ketones is 1. The van der Waals surface area contributed by atoms with Gasteiger partial charge in [0.2, 0.25) is 5.91 Å². The van der Waals surface area contributed by atoms with Crippen LogP contribution in [-0.2, 0) is 11.3 Å². The zero-order valence-corrected chi connectivity index (χ0v) is 20.1. The first-order valence-corrected chi connectivity index (χ1v) is 11.4. The van der Waals surface area contributed by atoms with Gasteiger partial charge in [-0.25, -0.2) is 9.97 Å². The Kier molecular flexibility index (Phi) is 5.63. The average Bonchev–Trinajstić information content (AvgIpc) is 3.31. The van der Waals surface area contributed by atoms with E-state index in [1.165, 1.54) is 0 Å². The van der Waals surface area contributed by atoms with E-state index in [-0.39, 0.29) is 11.7 Å². The number of carbonyl (C=O) groups is 2. The number of H-pyrrole nitrogens is 1. The summed E-state index contributed by atoms with van der Waals surface area (Å²) >= 11 is 2.18. The molecule has 1 saturated heterocycles. The number of hydrogen-bond donors (Lipinski definition) is 2. The molecule has 8 heteroatoms. The number of amides is 1. The van der Waals surface area contributed by atoms with E-state index in [1.807, 2.05) is 39.0 Å². The van der Waals surface area contributed by atoms with E-state index in [2.05, 4.69) is 43.5 Å². The summed E-state index contributed by atoms with van der Waals surface area (Å²) < 4.78 is -0.639. The predicted octanol–water partition coefficient (Wildman–Crippen LogP) is 4.07. The third kappa shape index (κ3) is 4.10. The number of fused-ring (bicyclic) bond motifs is 1. The molecule has 1 amide bonds. The molecule has 1 aromatic carbocycles. The molecule has 162 valence electrons. The Labute approximate surface area is 195 Å². The molecule has 1 aliphatic heterocycles. The minimum Gasteiger partial charge on any atom is -0.367 e. The van der Waals surface area contributed by atoms with Gasteiger partial charge in [0.1, 0.15) is 5.52 Å². The maximum absolute atomic E-state index is 12.8. The molecule has 1 atom stereocenters. The van der Waals surface area contributed by atoms with Crippen LogP contribution in [0.1, 0.15) is 49.5 Å². The Bertz CT molecular complexity index is 1170. The maximum atomic E-state index is 12.8. The first kappa shape index (κ1) is 21.9. The van der Waals surface area contributed by atoms with Crippen molar-refractivity contribution in [2.45, 2.75) is 43.7 Å². The summed E-state index contributed by atoms with van der Waals surface area (Å²) in [5.74, 6) is -0.264. The van der Waals surface area contributed by atoms with E-state index in [0.29, 0.717) is 29.0 Å². The first-order chi connectivity index (χ1) is 14.6. The Morgan fingerprint density at radius 3 is 2.81 bits per heavy atom. The van der Waals surface area contributed by atoms with Gasteiger partial charge in [-0.15, -0.1) is 0 Å². The van der Waals surface area contributed by atoms with Gasteiger partial charge in [0, 0.05) is 30.3 Å². The molecule has 3 heterocycles. The first-order valence-electron chi connectivity index (χ1n) is 10.3. The lowest BCUT2D eigenvalue weighted by atomic mass is 9.87. The molecule has 0 saturated carbocycles. The number of aromatic amines is 1. The second kappa shape index (κ2) is 7.98. The van der Waals surface area contributed by atoms with Crippen LogP contribution in [0.3, 0.4) is 0 Å². The van der Waals surface area contributed by atoms with E-state index < -0.39 is 8.96 Å². The monoisotopic (exact) mass is 531 g/mol. The number of nitrogens with one attached hydrogen (secondary N) is 1. The standard InChI is InChI=1S/C23H26IN5O2/c1-22(2,3)19(30)16-11-26-20-18(16)28-17(12-27-20)15-7-4-6-14(10-15)13-29-9-5-8-23(29,24)21(25)31/h4,6-7,10-12H,5,8-9,13H2,1-3H3,(H2,25,31)(H,26,27). The quantitative estimate of drug-likeness (QED) is 0.224. The number of aromatic nitrogens is 3. The van der Waals surface area contributed by atoms with Crippen LogP contribution in [0.4, 0.5) is 0 Å². The minimum atomic E-state index is -0.639.